The van der Waals surface area contributed by atoms with Crippen LogP contribution in [0.25, 0.3) is 23.0 Å². The Morgan fingerprint density at radius 3 is 2.34 bits per heavy atom. The summed E-state index contributed by atoms with van der Waals surface area (Å²) >= 11 is 0. The van der Waals surface area contributed by atoms with Crippen molar-refractivity contribution >= 4 is 17.6 Å². The van der Waals surface area contributed by atoms with E-state index in [0.29, 0.717) is 24.4 Å². The van der Waals surface area contributed by atoms with Gasteiger partial charge in [0.05, 0.1) is 18.5 Å². The maximum Gasteiger partial charge on any atom is 0.272 e. The molecule has 0 radical (unpaired) electrons. The largest absolute Gasteiger partial charge is 0.497 e. The van der Waals surface area contributed by atoms with E-state index in [1.54, 1.807) is 11.6 Å². The fourth-order valence-corrected chi connectivity index (χ4v) is 4.60. The van der Waals surface area contributed by atoms with Gasteiger partial charge >= 0.3 is 0 Å². The number of amides is 1. The van der Waals surface area contributed by atoms with E-state index in [9.17, 15) is 4.79 Å². The highest BCUT2D eigenvalue weighted by molar-refractivity contribution is 5.94. The van der Waals surface area contributed by atoms with Crippen molar-refractivity contribution in [3.63, 3.8) is 0 Å². The molecule has 38 heavy (non-hydrogen) atoms. The molecule has 196 valence electrons. The minimum absolute atomic E-state index is 0.0183. The molecule has 0 spiro atoms. The maximum absolute atomic E-state index is 13.8. The molecule has 7 heteroatoms. The molecule has 2 aromatic heterocycles. The van der Waals surface area contributed by atoms with Crippen LogP contribution in [0.15, 0.2) is 72.8 Å². The van der Waals surface area contributed by atoms with Crippen LogP contribution in [0.3, 0.4) is 0 Å². The average Bonchev–Trinajstić information content (AvgIpc) is 3.38. The fraction of sp³-hybridized carbons (Fsp3) is 0.323. The van der Waals surface area contributed by atoms with Gasteiger partial charge in [-0.3, -0.25) is 9.69 Å². The molecule has 1 saturated heterocycles. The van der Waals surface area contributed by atoms with E-state index in [4.69, 9.17) is 14.8 Å². The fourth-order valence-electron chi connectivity index (χ4n) is 4.60. The molecular formula is C31H35N5O2. The first kappa shape index (κ1) is 25.7. The Morgan fingerprint density at radius 1 is 0.974 bits per heavy atom. The highest BCUT2D eigenvalue weighted by atomic mass is 16.5. The topological polar surface area (TPSA) is 63.0 Å². The summed E-state index contributed by atoms with van der Waals surface area (Å²) in [6, 6.07) is 21.9. The number of piperazine rings is 1. The summed E-state index contributed by atoms with van der Waals surface area (Å²) in [7, 11) is 1.65. The van der Waals surface area contributed by atoms with Crippen molar-refractivity contribution < 1.29 is 9.53 Å². The predicted molar refractivity (Wildman–Crippen MR) is 151 cm³/mol. The number of benzene rings is 2. The van der Waals surface area contributed by atoms with Gasteiger partial charge in [0.1, 0.15) is 11.4 Å². The number of carbonyl (C=O) groups is 1. The highest BCUT2D eigenvalue weighted by Crippen LogP contribution is 2.27. The molecule has 1 aliphatic rings. The molecule has 0 aliphatic carbocycles. The molecule has 0 N–H and O–H groups in total. The SMILES string of the molecule is COc1ccc(-c2cc(C(=O)N3CCN(C/C=C/c4ccccc4)CC3)n3nc(C(C)(C)C)cc3n2)cc1. The van der Waals surface area contributed by atoms with Crippen molar-refractivity contribution in [2.45, 2.75) is 26.2 Å². The number of methoxy groups -OCH3 is 1. The van der Waals surface area contributed by atoms with Crippen molar-refractivity contribution in [2.75, 3.05) is 39.8 Å². The smallest absolute Gasteiger partial charge is 0.272 e. The van der Waals surface area contributed by atoms with E-state index >= 15 is 0 Å². The summed E-state index contributed by atoms with van der Waals surface area (Å²) < 4.78 is 7.02. The zero-order chi connectivity index (χ0) is 26.7. The van der Waals surface area contributed by atoms with Crippen molar-refractivity contribution in [2.24, 2.45) is 0 Å². The Labute approximate surface area is 224 Å². The van der Waals surface area contributed by atoms with Gasteiger partial charge in [0.2, 0.25) is 0 Å². The molecule has 7 nitrogen and oxygen atoms in total. The van der Waals surface area contributed by atoms with Crippen LogP contribution >= 0.6 is 0 Å². The summed E-state index contributed by atoms with van der Waals surface area (Å²) in [5.41, 5.74) is 4.83. The number of aromatic nitrogens is 3. The van der Waals surface area contributed by atoms with E-state index in [2.05, 4.69) is 50.0 Å². The zero-order valence-corrected chi connectivity index (χ0v) is 22.6. The lowest BCUT2D eigenvalue weighted by molar-refractivity contribution is 0.0641. The minimum atomic E-state index is -0.160. The van der Waals surface area contributed by atoms with E-state index in [1.807, 2.05) is 59.5 Å². The summed E-state index contributed by atoms with van der Waals surface area (Å²) in [4.78, 5) is 23.0. The van der Waals surface area contributed by atoms with Crippen LogP contribution in [-0.4, -0.2) is 70.1 Å². The second kappa shape index (κ2) is 10.8. The van der Waals surface area contributed by atoms with Crippen LogP contribution in [0.5, 0.6) is 5.75 Å². The number of nitrogens with zero attached hydrogens (tertiary/aromatic N) is 5. The van der Waals surface area contributed by atoms with Crippen LogP contribution < -0.4 is 4.74 Å². The molecule has 1 amide bonds. The molecule has 1 fully saturated rings. The van der Waals surface area contributed by atoms with Gasteiger partial charge in [-0.05, 0) is 35.9 Å². The maximum atomic E-state index is 13.8. The summed E-state index contributed by atoms with van der Waals surface area (Å²) in [6.45, 7) is 10.2. The number of rotatable bonds is 6. The number of hydrogen-bond acceptors (Lipinski definition) is 5. The van der Waals surface area contributed by atoms with E-state index < -0.39 is 0 Å². The van der Waals surface area contributed by atoms with Crippen LogP contribution in [0, 0.1) is 0 Å². The first-order chi connectivity index (χ1) is 18.3. The lowest BCUT2D eigenvalue weighted by Gasteiger charge is -2.34. The molecule has 4 aromatic rings. The van der Waals surface area contributed by atoms with Crippen LogP contribution in [-0.2, 0) is 5.41 Å². The third-order valence-corrected chi connectivity index (χ3v) is 6.93. The van der Waals surface area contributed by atoms with E-state index in [-0.39, 0.29) is 11.3 Å². The second-order valence-corrected chi connectivity index (χ2v) is 10.7. The van der Waals surface area contributed by atoms with Gasteiger partial charge in [-0.15, -0.1) is 0 Å². The molecule has 2 aromatic carbocycles. The van der Waals surface area contributed by atoms with Crippen LogP contribution in [0.1, 0.15) is 42.5 Å². The highest BCUT2D eigenvalue weighted by Gasteiger charge is 2.26. The lowest BCUT2D eigenvalue weighted by Crippen LogP contribution is -2.49. The number of hydrogen-bond donors (Lipinski definition) is 0. The Kier molecular flexibility index (Phi) is 7.29. The summed E-state index contributed by atoms with van der Waals surface area (Å²) in [5.74, 6) is 0.761. The molecule has 5 rings (SSSR count). The van der Waals surface area contributed by atoms with Gasteiger partial charge in [-0.25, -0.2) is 9.50 Å². The second-order valence-electron chi connectivity index (χ2n) is 10.7. The molecule has 3 heterocycles. The quantitative estimate of drug-likeness (QED) is 0.359. The normalized spacial score (nSPS) is 14.9. The number of fused-ring (bicyclic) bond motifs is 1. The van der Waals surface area contributed by atoms with Crippen molar-refractivity contribution in [1.82, 2.24) is 24.4 Å². The Hall–Kier alpha value is -3.97. The molecule has 0 atom stereocenters. The van der Waals surface area contributed by atoms with Gasteiger partial charge in [0, 0.05) is 49.8 Å². The molecular weight excluding hydrogens is 474 g/mol. The van der Waals surface area contributed by atoms with Crippen molar-refractivity contribution in [1.29, 1.82) is 0 Å². The summed E-state index contributed by atoms with van der Waals surface area (Å²) in [6.07, 6.45) is 4.34. The average molecular weight is 510 g/mol. The zero-order valence-electron chi connectivity index (χ0n) is 22.6. The molecule has 0 unspecified atom stereocenters. The predicted octanol–water partition coefficient (Wildman–Crippen LogP) is 5.17. The number of carbonyl (C=O) groups excluding carboxylic acids is 1. The minimum Gasteiger partial charge on any atom is -0.497 e. The molecule has 1 aliphatic heterocycles. The Balaban J connectivity index is 1.37. The monoisotopic (exact) mass is 509 g/mol. The van der Waals surface area contributed by atoms with Crippen LogP contribution in [0.2, 0.25) is 0 Å². The summed E-state index contributed by atoms with van der Waals surface area (Å²) in [5, 5.41) is 4.81. The van der Waals surface area contributed by atoms with Gasteiger partial charge in [-0.1, -0.05) is 63.3 Å². The Bertz CT molecular complexity index is 1430. The molecule has 0 saturated carbocycles. The third kappa shape index (κ3) is 5.63. The van der Waals surface area contributed by atoms with E-state index in [0.717, 1.165) is 42.3 Å². The van der Waals surface area contributed by atoms with Crippen LogP contribution in [0.4, 0.5) is 0 Å². The van der Waals surface area contributed by atoms with Gasteiger partial charge in [0.25, 0.3) is 5.91 Å². The first-order valence-electron chi connectivity index (χ1n) is 13.1. The van der Waals surface area contributed by atoms with Gasteiger partial charge < -0.3 is 9.64 Å². The van der Waals surface area contributed by atoms with Gasteiger partial charge in [0.15, 0.2) is 5.65 Å². The first-order valence-corrected chi connectivity index (χ1v) is 13.1. The third-order valence-electron chi connectivity index (χ3n) is 6.93. The molecule has 0 bridgehead atoms. The van der Waals surface area contributed by atoms with Crippen molar-refractivity contribution in [3.8, 4) is 17.0 Å². The van der Waals surface area contributed by atoms with Crippen molar-refractivity contribution in [3.05, 3.63) is 89.8 Å². The standard InChI is InChI=1S/C31H35N5O2/c1-31(2,3)28-22-29-32-26(24-12-14-25(38-4)15-13-24)21-27(36(29)33-28)30(37)35-19-17-34(18-20-35)16-8-11-23-9-6-5-7-10-23/h5-15,21-22H,16-20H2,1-4H3/b11-8+. The number of ether oxygens (including phenoxy) is 1. The van der Waals surface area contributed by atoms with Gasteiger partial charge in [-0.2, -0.15) is 5.10 Å². The Morgan fingerprint density at radius 2 is 1.68 bits per heavy atom. The van der Waals surface area contributed by atoms with E-state index in [1.165, 1.54) is 5.56 Å². The lowest BCUT2D eigenvalue weighted by atomic mass is 9.93.